The van der Waals surface area contributed by atoms with E-state index in [0.717, 1.165) is 22.3 Å². The quantitative estimate of drug-likeness (QED) is 0.704. The van der Waals surface area contributed by atoms with Crippen molar-refractivity contribution in [3.05, 3.63) is 65.1 Å². The van der Waals surface area contributed by atoms with Crippen LogP contribution >= 0.6 is 11.3 Å². The van der Waals surface area contributed by atoms with Gasteiger partial charge < -0.3 is 4.55 Å². The van der Waals surface area contributed by atoms with Crippen LogP contribution in [-0.4, -0.2) is 8.76 Å². The molecular weight excluding hydrogens is 307 g/mol. The summed E-state index contributed by atoms with van der Waals surface area (Å²) in [5.74, 6) is -0.259. The van der Waals surface area contributed by atoms with E-state index in [-0.39, 0.29) is 5.82 Å². The molecule has 3 rings (SSSR count). The zero-order valence-electron chi connectivity index (χ0n) is 10.8. The molecule has 0 aliphatic rings. The lowest BCUT2D eigenvalue weighted by Crippen LogP contribution is -1.88. The summed E-state index contributed by atoms with van der Waals surface area (Å²) in [5, 5.41) is 4.03. The Labute approximate surface area is 128 Å². The molecule has 0 aliphatic heterocycles. The van der Waals surface area contributed by atoms with E-state index in [1.807, 2.05) is 22.9 Å². The van der Waals surface area contributed by atoms with E-state index >= 15 is 0 Å². The summed E-state index contributed by atoms with van der Waals surface area (Å²) in [6.07, 6.45) is 0. The summed E-state index contributed by atoms with van der Waals surface area (Å²) in [6.45, 7) is 0. The van der Waals surface area contributed by atoms with E-state index < -0.39 is 11.1 Å². The van der Waals surface area contributed by atoms with Crippen LogP contribution in [0.4, 0.5) is 4.39 Å². The fourth-order valence-corrected chi connectivity index (χ4v) is 3.36. The molecule has 0 bridgehead atoms. The molecule has 21 heavy (non-hydrogen) atoms. The first-order valence-corrected chi connectivity index (χ1v) is 8.23. The Morgan fingerprint density at radius 1 is 0.857 bits per heavy atom. The molecule has 2 nitrogen and oxygen atoms in total. The molecule has 3 aromatic rings. The van der Waals surface area contributed by atoms with Crippen LogP contribution in [0, 0.1) is 5.82 Å². The fourth-order valence-electron chi connectivity index (χ4n) is 2.12. The summed E-state index contributed by atoms with van der Waals surface area (Å²) in [7, 11) is 0. The van der Waals surface area contributed by atoms with Crippen LogP contribution in [0.5, 0.6) is 0 Å². The van der Waals surface area contributed by atoms with Crippen LogP contribution in [0.2, 0.25) is 0 Å². The molecule has 0 radical (unpaired) electrons. The van der Waals surface area contributed by atoms with Gasteiger partial charge in [0.05, 0.1) is 4.90 Å². The second-order valence-corrected chi connectivity index (χ2v) is 6.19. The van der Waals surface area contributed by atoms with Crippen LogP contribution in [0.25, 0.3) is 22.3 Å². The number of thiophene rings is 1. The highest BCUT2D eigenvalue weighted by Crippen LogP contribution is 2.35. The number of benzene rings is 2. The molecule has 1 aromatic heterocycles. The van der Waals surface area contributed by atoms with Gasteiger partial charge in [-0.15, -0.1) is 0 Å². The van der Waals surface area contributed by atoms with Crippen molar-refractivity contribution in [3.63, 3.8) is 0 Å². The van der Waals surface area contributed by atoms with Gasteiger partial charge >= 0.3 is 0 Å². The second kappa shape index (κ2) is 5.89. The molecule has 2 aromatic carbocycles. The third kappa shape index (κ3) is 2.95. The monoisotopic (exact) mass is 318 g/mol. The largest absolute Gasteiger partial charge is 0.302 e. The molecule has 0 saturated carbocycles. The summed E-state index contributed by atoms with van der Waals surface area (Å²) in [4.78, 5) is 0.373. The molecule has 0 fully saturated rings. The molecule has 106 valence electrons. The average Bonchev–Trinajstić information content (AvgIpc) is 2.97. The van der Waals surface area contributed by atoms with Crippen LogP contribution in [0.1, 0.15) is 0 Å². The third-order valence-electron chi connectivity index (χ3n) is 3.18. The average molecular weight is 318 g/mol. The molecule has 1 heterocycles. The van der Waals surface area contributed by atoms with Gasteiger partial charge in [-0.25, -0.2) is 8.60 Å². The van der Waals surface area contributed by atoms with E-state index in [0.29, 0.717) is 4.90 Å². The molecule has 1 N–H and O–H groups in total. The van der Waals surface area contributed by atoms with E-state index in [4.69, 9.17) is 4.55 Å². The molecule has 1 atom stereocenters. The number of hydrogen-bond acceptors (Lipinski definition) is 2. The normalized spacial score (nSPS) is 12.3. The van der Waals surface area contributed by atoms with Crippen molar-refractivity contribution in [2.45, 2.75) is 4.90 Å². The summed E-state index contributed by atoms with van der Waals surface area (Å²) in [6, 6.07) is 13.3. The van der Waals surface area contributed by atoms with Gasteiger partial charge in [-0.3, -0.25) is 0 Å². The number of rotatable bonds is 3. The predicted molar refractivity (Wildman–Crippen MR) is 84.2 cm³/mol. The molecular formula is C16H11FO2S2. The standard InChI is InChI=1S/C16H11FO2S2/c17-13-5-1-11(2-6-13)15-9-20-10-16(15)12-3-7-14(8-4-12)21(18)19/h1-10H,(H,18,19). The summed E-state index contributed by atoms with van der Waals surface area (Å²) >= 11 is -0.400. The van der Waals surface area contributed by atoms with E-state index in [2.05, 4.69) is 0 Å². The van der Waals surface area contributed by atoms with Crippen molar-refractivity contribution < 1.29 is 13.2 Å². The van der Waals surface area contributed by atoms with Crippen LogP contribution in [0.3, 0.4) is 0 Å². The highest BCUT2D eigenvalue weighted by atomic mass is 32.2. The smallest absolute Gasteiger partial charge is 0.186 e. The maximum absolute atomic E-state index is 13.0. The van der Waals surface area contributed by atoms with Crippen molar-refractivity contribution in [2.75, 3.05) is 0 Å². The third-order valence-corrected chi connectivity index (χ3v) is 4.60. The number of halogens is 1. The van der Waals surface area contributed by atoms with Gasteiger partial charge in [0, 0.05) is 11.1 Å². The second-order valence-electron chi connectivity index (χ2n) is 4.48. The maximum atomic E-state index is 13.0. The van der Waals surface area contributed by atoms with E-state index in [1.165, 1.54) is 12.1 Å². The minimum Gasteiger partial charge on any atom is -0.302 e. The lowest BCUT2D eigenvalue weighted by molar-refractivity contribution is 0.564. The first-order chi connectivity index (χ1) is 10.1. The topological polar surface area (TPSA) is 37.3 Å². The molecule has 0 amide bonds. The zero-order chi connectivity index (χ0) is 14.8. The van der Waals surface area contributed by atoms with Gasteiger partial charge in [0.25, 0.3) is 0 Å². The Morgan fingerprint density at radius 2 is 1.33 bits per heavy atom. The fraction of sp³-hybridized carbons (Fsp3) is 0. The SMILES string of the molecule is O=S(O)c1ccc(-c2cscc2-c2ccc(F)cc2)cc1. The van der Waals surface area contributed by atoms with Crippen molar-refractivity contribution >= 4 is 22.4 Å². The Bertz CT molecular complexity index is 777. The Hall–Kier alpha value is -1.82. The maximum Gasteiger partial charge on any atom is 0.186 e. The predicted octanol–water partition coefficient (Wildman–Crippen LogP) is 4.80. The Balaban J connectivity index is 2.02. The van der Waals surface area contributed by atoms with E-state index in [1.54, 1.807) is 35.6 Å². The summed E-state index contributed by atoms with van der Waals surface area (Å²) < 4.78 is 33.1. The number of hydrogen-bond donors (Lipinski definition) is 1. The molecule has 0 spiro atoms. The van der Waals surface area contributed by atoms with Crippen molar-refractivity contribution in [3.8, 4) is 22.3 Å². The minimum absolute atomic E-state index is 0.259. The molecule has 0 aliphatic carbocycles. The molecule has 1 unspecified atom stereocenters. The van der Waals surface area contributed by atoms with Gasteiger partial charge in [-0.1, -0.05) is 24.3 Å². The zero-order valence-corrected chi connectivity index (χ0v) is 12.5. The highest BCUT2D eigenvalue weighted by molar-refractivity contribution is 7.79. The van der Waals surface area contributed by atoms with Crippen LogP contribution < -0.4 is 0 Å². The van der Waals surface area contributed by atoms with Crippen LogP contribution in [-0.2, 0) is 11.1 Å². The molecule has 5 heteroatoms. The Morgan fingerprint density at radius 3 is 1.81 bits per heavy atom. The van der Waals surface area contributed by atoms with Crippen molar-refractivity contribution in [1.82, 2.24) is 0 Å². The van der Waals surface area contributed by atoms with Gasteiger partial charge in [-0.2, -0.15) is 11.3 Å². The first-order valence-electron chi connectivity index (χ1n) is 6.18. The van der Waals surface area contributed by atoms with Gasteiger partial charge in [0.2, 0.25) is 0 Å². The van der Waals surface area contributed by atoms with Gasteiger partial charge in [0.15, 0.2) is 11.1 Å². The lowest BCUT2D eigenvalue weighted by Gasteiger charge is -2.05. The minimum atomic E-state index is -1.97. The summed E-state index contributed by atoms with van der Waals surface area (Å²) in [5.41, 5.74) is 3.96. The van der Waals surface area contributed by atoms with Crippen molar-refractivity contribution in [1.29, 1.82) is 0 Å². The van der Waals surface area contributed by atoms with Crippen LogP contribution in [0.15, 0.2) is 64.2 Å². The van der Waals surface area contributed by atoms with E-state index in [9.17, 15) is 8.60 Å². The Kier molecular flexibility index (Phi) is 3.96. The lowest BCUT2D eigenvalue weighted by atomic mass is 9.99. The highest BCUT2D eigenvalue weighted by Gasteiger charge is 2.09. The first kappa shape index (κ1) is 14.1. The van der Waals surface area contributed by atoms with Crippen molar-refractivity contribution in [2.24, 2.45) is 0 Å². The molecule has 0 saturated heterocycles. The van der Waals surface area contributed by atoms with Gasteiger partial charge in [-0.05, 0) is 46.2 Å². The van der Waals surface area contributed by atoms with Gasteiger partial charge in [0.1, 0.15) is 5.82 Å².